The molecule has 7 heteroatoms. The fraction of sp³-hybridized carbons (Fsp3) is 0.167. The largest absolute Gasteiger partial charge is 0.308 e. The van der Waals surface area contributed by atoms with Crippen molar-refractivity contribution in [1.29, 1.82) is 0 Å². The molecule has 25 heavy (non-hydrogen) atoms. The molecule has 1 saturated carbocycles. The standard InChI is InChI=1S/C18H11F2N5/c1-21-10-2-5-14-17(6-10)25(11-3-4-11)18(23-14)24-9-22-15-7-12(19)13(20)8-16(15)24/h2,5-9,11H,3-4H2. The molecule has 1 aliphatic rings. The van der Waals surface area contributed by atoms with E-state index < -0.39 is 11.6 Å². The highest BCUT2D eigenvalue weighted by atomic mass is 19.2. The topological polar surface area (TPSA) is 40.0 Å². The number of nitrogens with zero attached hydrogens (tertiary/aromatic N) is 5. The van der Waals surface area contributed by atoms with E-state index in [-0.39, 0.29) is 0 Å². The molecular weight excluding hydrogens is 324 g/mol. The van der Waals surface area contributed by atoms with Crippen LogP contribution in [0.4, 0.5) is 14.5 Å². The van der Waals surface area contributed by atoms with Crippen molar-refractivity contribution >= 4 is 27.8 Å². The Morgan fingerprint density at radius 2 is 1.84 bits per heavy atom. The van der Waals surface area contributed by atoms with Gasteiger partial charge in [0.1, 0.15) is 6.33 Å². The molecule has 5 rings (SSSR count). The van der Waals surface area contributed by atoms with Gasteiger partial charge in [0, 0.05) is 18.2 Å². The van der Waals surface area contributed by atoms with Crippen LogP contribution >= 0.6 is 0 Å². The molecular formula is C18H11F2N5. The van der Waals surface area contributed by atoms with E-state index in [1.807, 2.05) is 12.1 Å². The van der Waals surface area contributed by atoms with Crippen molar-refractivity contribution in [3.05, 3.63) is 59.7 Å². The summed E-state index contributed by atoms with van der Waals surface area (Å²) in [5.41, 5.74) is 3.01. The molecule has 0 aliphatic heterocycles. The smallest absolute Gasteiger partial charge is 0.216 e. The molecule has 122 valence electrons. The van der Waals surface area contributed by atoms with Crippen molar-refractivity contribution in [2.24, 2.45) is 0 Å². The number of rotatable bonds is 2. The minimum Gasteiger partial charge on any atom is -0.308 e. The van der Waals surface area contributed by atoms with Crippen LogP contribution < -0.4 is 0 Å². The molecule has 0 atom stereocenters. The monoisotopic (exact) mass is 335 g/mol. The summed E-state index contributed by atoms with van der Waals surface area (Å²) in [4.78, 5) is 12.3. The van der Waals surface area contributed by atoms with Crippen molar-refractivity contribution < 1.29 is 8.78 Å². The molecule has 4 aromatic rings. The van der Waals surface area contributed by atoms with E-state index in [0.717, 1.165) is 36.0 Å². The van der Waals surface area contributed by atoms with Crippen molar-refractivity contribution in [2.45, 2.75) is 18.9 Å². The van der Waals surface area contributed by atoms with Crippen LogP contribution in [-0.4, -0.2) is 19.1 Å². The predicted molar refractivity (Wildman–Crippen MR) is 88.8 cm³/mol. The summed E-state index contributed by atoms with van der Waals surface area (Å²) < 4.78 is 30.9. The first-order valence-corrected chi connectivity index (χ1v) is 7.87. The van der Waals surface area contributed by atoms with E-state index in [9.17, 15) is 8.78 Å². The Morgan fingerprint density at radius 1 is 1.04 bits per heavy atom. The molecule has 0 N–H and O–H groups in total. The molecule has 0 saturated heterocycles. The lowest BCUT2D eigenvalue weighted by Crippen LogP contribution is -2.05. The minimum absolute atomic E-state index is 0.295. The maximum atomic E-state index is 13.7. The van der Waals surface area contributed by atoms with Crippen LogP contribution in [0.1, 0.15) is 18.9 Å². The number of aromatic nitrogens is 4. The third-order valence-electron chi connectivity index (χ3n) is 4.50. The van der Waals surface area contributed by atoms with Crippen LogP contribution in [0.3, 0.4) is 0 Å². The molecule has 0 spiro atoms. The van der Waals surface area contributed by atoms with Crippen LogP contribution in [0.15, 0.2) is 36.7 Å². The van der Waals surface area contributed by atoms with Gasteiger partial charge in [0.2, 0.25) is 5.95 Å². The summed E-state index contributed by atoms with van der Waals surface area (Å²) in [5, 5.41) is 0. The fourth-order valence-electron chi connectivity index (χ4n) is 3.16. The van der Waals surface area contributed by atoms with Crippen molar-refractivity contribution in [3.8, 4) is 5.95 Å². The quantitative estimate of drug-likeness (QED) is 0.505. The Balaban J connectivity index is 1.82. The zero-order chi connectivity index (χ0) is 17.1. The molecule has 0 radical (unpaired) electrons. The van der Waals surface area contributed by atoms with Gasteiger partial charge in [-0.1, -0.05) is 6.07 Å². The van der Waals surface area contributed by atoms with Crippen LogP contribution in [0, 0.1) is 18.2 Å². The van der Waals surface area contributed by atoms with Crippen LogP contribution in [0.2, 0.25) is 0 Å². The van der Waals surface area contributed by atoms with Gasteiger partial charge in [-0.25, -0.2) is 23.6 Å². The predicted octanol–water partition coefficient (Wildman–Crippen LogP) is 4.54. The van der Waals surface area contributed by atoms with Crippen LogP contribution in [0.5, 0.6) is 0 Å². The first kappa shape index (κ1) is 14.1. The lowest BCUT2D eigenvalue weighted by atomic mass is 10.3. The van der Waals surface area contributed by atoms with Gasteiger partial charge in [-0.05, 0) is 25.0 Å². The molecule has 1 fully saturated rings. The van der Waals surface area contributed by atoms with E-state index >= 15 is 0 Å². The van der Waals surface area contributed by atoms with Gasteiger partial charge in [0.05, 0.1) is 28.6 Å². The van der Waals surface area contributed by atoms with Gasteiger partial charge in [-0.15, -0.1) is 0 Å². The van der Waals surface area contributed by atoms with Gasteiger partial charge in [0.15, 0.2) is 17.3 Å². The second kappa shape index (κ2) is 4.86. The van der Waals surface area contributed by atoms with Gasteiger partial charge in [0.25, 0.3) is 0 Å². The summed E-state index contributed by atoms with van der Waals surface area (Å²) in [7, 11) is 0. The summed E-state index contributed by atoms with van der Waals surface area (Å²) in [6.45, 7) is 7.21. The highest BCUT2D eigenvalue weighted by molar-refractivity contribution is 5.83. The molecule has 2 aromatic heterocycles. The third-order valence-corrected chi connectivity index (χ3v) is 4.50. The average Bonchev–Trinajstić information content (AvgIpc) is 3.27. The first-order chi connectivity index (χ1) is 12.2. The maximum absolute atomic E-state index is 13.7. The van der Waals surface area contributed by atoms with Crippen LogP contribution in [-0.2, 0) is 0 Å². The van der Waals surface area contributed by atoms with E-state index in [2.05, 4.69) is 19.4 Å². The van der Waals surface area contributed by atoms with Gasteiger partial charge < -0.3 is 4.57 Å². The van der Waals surface area contributed by atoms with Crippen molar-refractivity contribution in [1.82, 2.24) is 19.1 Å². The zero-order valence-electron chi connectivity index (χ0n) is 12.9. The second-order valence-corrected chi connectivity index (χ2v) is 6.17. The highest BCUT2D eigenvalue weighted by Gasteiger charge is 2.29. The summed E-state index contributed by atoms with van der Waals surface area (Å²) in [5.74, 6) is -1.23. The Labute approximate surface area is 141 Å². The molecule has 2 aromatic carbocycles. The Kier molecular flexibility index (Phi) is 2.74. The van der Waals surface area contributed by atoms with E-state index in [1.165, 1.54) is 6.33 Å². The van der Waals surface area contributed by atoms with Gasteiger partial charge >= 0.3 is 0 Å². The van der Waals surface area contributed by atoms with Crippen LogP contribution in [0.25, 0.3) is 32.9 Å². The Hall–Kier alpha value is -3.27. The number of benzene rings is 2. The first-order valence-electron chi connectivity index (χ1n) is 7.87. The zero-order valence-corrected chi connectivity index (χ0v) is 12.9. The number of imidazole rings is 2. The van der Waals surface area contributed by atoms with E-state index in [1.54, 1.807) is 10.6 Å². The fourth-order valence-corrected chi connectivity index (χ4v) is 3.16. The molecule has 0 bridgehead atoms. The SMILES string of the molecule is [C-]#[N+]c1ccc2nc(-n3cnc4cc(F)c(F)cc43)n(C3CC3)c2c1. The minimum atomic E-state index is -0.921. The second-order valence-electron chi connectivity index (χ2n) is 6.17. The van der Waals surface area contributed by atoms with E-state index in [0.29, 0.717) is 28.7 Å². The van der Waals surface area contributed by atoms with Crippen molar-refractivity contribution in [2.75, 3.05) is 0 Å². The highest BCUT2D eigenvalue weighted by Crippen LogP contribution is 2.40. The number of halogens is 2. The van der Waals surface area contributed by atoms with Gasteiger partial charge in [-0.3, -0.25) is 4.57 Å². The molecule has 5 nitrogen and oxygen atoms in total. The molecule has 2 heterocycles. The number of fused-ring (bicyclic) bond motifs is 2. The Bertz CT molecular complexity index is 1190. The lowest BCUT2D eigenvalue weighted by Gasteiger charge is -2.09. The molecule has 0 unspecified atom stereocenters. The molecule has 0 amide bonds. The maximum Gasteiger partial charge on any atom is 0.216 e. The lowest BCUT2D eigenvalue weighted by molar-refractivity contribution is 0.510. The Morgan fingerprint density at radius 3 is 2.60 bits per heavy atom. The summed E-state index contributed by atoms with van der Waals surface area (Å²) in [6, 6.07) is 7.87. The summed E-state index contributed by atoms with van der Waals surface area (Å²) in [6.07, 6.45) is 3.58. The average molecular weight is 335 g/mol. The normalized spacial score (nSPS) is 14.3. The third kappa shape index (κ3) is 2.04. The number of hydrogen-bond acceptors (Lipinski definition) is 2. The molecule has 1 aliphatic carbocycles. The van der Waals surface area contributed by atoms with E-state index in [4.69, 9.17) is 6.57 Å². The summed E-state index contributed by atoms with van der Waals surface area (Å²) >= 11 is 0. The van der Waals surface area contributed by atoms with Gasteiger partial charge in [-0.2, -0.15) is 0 Å². The van der Waals surface area contributed by atoms with Crippen molar-refractivity contribution in [3.63, 3.8) is 0 Å². The number of hydrogen-bond donors (Lipinski definition) is 0.